The van der Waals surface area contributed by atoms with Crippen molar-refractivity contribution in [3.8, 4) is 0 Å². The van der Waals surface area contributed by atoms with Crippen molar-refractivity contribution in [2.24, 2.45) is 0 Å². The number of nitrogens with one attached hydrogen (secondary N) is 4. The predicted octanol–water partition coefficient (Wildman–Crippen LogP) is 1.63. The summed E-state index contributed by atoms with van der Waals surface area (Å²) in [5.41, 5.74) is 0.738. The van der Waals surface area contributed by atoms with E-state index in [1.807, 2.05) is 5.32 Å². The molecule has 9 nitrogen and oxygen atoms in total. The van der Waals surface area contributed by atoms with E-state index in [1.54, 1.807) is 24.3 Å². The van der Waals surface area contributed by atoms with Gasteiger partial charge in [0.2, 0.25) is 0 Å². The Morgan fingerprint density at radius 3 is 1.95 bits per heavy atom. The van der Waals surface area contributed by atoms with Crippen molar-refractivity contribution in [2.75, 3.05) is 24.9 Å². The largest absolute Gasteiger partial charge is 0.453 e. The molecule has 0 aliphatic carbocycles. The van der Waals surface area contributed by atoms with Crippen LogP contribution in [0.4, 0.5) is 25.8 Å². The maximum Gasteiger partial charge on any atom is 0.415 e. The molecule has 10 heteroatoms. The van der Waals surface area contributed by atoms with E-state index in [0.29, 0.717) is 11.4 Å². The Balaban J connectivity index is 2.73. The number of benzene rings is 1. The SMILES string of the molecule is COC(=O)NC(=O)Nc1ccccc1NC(=S)NC(=O)OC. The van der Waals surface area contributed by atoms with E-state index in [-0.39, 0.29) is 5.11 Å². The summed E-state index contributed by atoms with van der Waals surface area (Å²) in [7, 11) is 2.33. The molecule has 4 amide bonds. The molecule has 0 fully saturated rings. The minimum atomic E-state index is -0.897. The molecule has 1 aromatic carbocycles. The average Bonchev–Trinajstić information content (AvgIpc) is 2.48. The zero-order chi connectivity index (χ0) is 16.5. The summed E-state index contributed by atoms with van der Waals surface area (Å²) < 4.78 is 8.70. The molecule has 0 aliphatic rings. The summed E-state index contributed by atoms with van der Waals surface area (Å²) in [5, 5.41) is 9.32. The van der Waals surface area contributed by atoms with Gasteiger partial charge in [0.1, 0.15) is 0 Å². The minimum Gasteiger partial charge on any atom is -0.453 e. The number of hydrogen-bond acceptors (Lipinski definition) is 6. The number of alkyl carbamates (subject to hydrolysis) is 2. The van der Waals surface area contributed by atoms with Crippen LogP contribution in [0.25, 0.3) is 0 Å². The van der Waals surface area contributed by atoms with Gasteiger partial charge in [-0.2, -0.15) is 0 Å². The number of amides is 4. The molecule has 4 N–H and O–H groups in total. The Hall–Kier alpha value is -2.88. The first-order chi connectivity index (χ1) is 10.5. The van der Waals surface area contributed by atoms with Gasteiger partial charge in [0, 0.05) is 0 Å². The van der Waals surface area contributed by atoms with Crippen molar-refractivity contribution in [2.45, 2.75) is 0 Å². The smallest absolute Gasteiger partial charge is 0.415 e. The topological polar surface area (TPSA) is 118 Å². The monoisotopic (exact) mass is 326 g/mol. The van der Waals surface area contributed by atoms with Crippen molar-refractivity contribution in [1.29, 1.82) is 0 Å². The highest BCUT2D eigenvalue weighted by atomic mass is 32.1. The quantitative estimate of drug-likeness (QED) is 0.610. The lowest BCUT2D eigenvalue weighted by atomic mass is 10.2. The lowest BCUT2D eigenvalue weighted by Gasteiger charge is -2.13. The number of hydrogen-bond donors (Lipinski definition) is 4. The molecule has 0 atom stereocenters. The van der Waals surface area contributed by atoms with Crippen LogP contribution in [0.15, 0.2) is 24.3 Å². The van der Waals surface area contributed by atoms with Crippen molar-refractivity contribution in [1.82, 2.24) is 10.6 Å². The minimum absolute atomic E-state index is 0.0190. The van der Waals surface area contributed by atoms with Gasteiger partial charge >= 0.3 is 18.2 Å². The Morgan fingerprint density at radius 1 is 0.909 bits per heavy atom. The number of carbonyl (C=O) groups excluding carboxylic acids is 3. The van der Waals surface area contributed by atoms with E-state index in [0.717, 1.165) is 7.11 Å². The predicted molar refractivity (Wildman–Crippen MR) is 82.8 cm³/mol. The van der Waals surface area contributed by atoms with Crippen LogP contribution < -0.4 is 21.3 Å². The summed E-state index contributed by atoms with van der Waals surface area (Å²) in [6.07, 6.45) is -1.63. The van der Waals surface area contributed by atoms with Gasteiger partial charge in [-0.15, -0.1) is 0 Å². The molecule has 0 heterocycles. The molecular formula is C12H14N4O5S. The first kappa shape index (κ1) is 17.2. The molecule has 0 aliphatic heterocycles. The molecule has 0 saturated heterocycles. The number of para-hydroxylation sites is 2. The lowest BCUT2D eigenvalue weighted by Crippen LogP contribution is -2.35. The molecule has 0 saturated carbocycles. The molecule has 118 valence electrons. The number of thiocarbonyl (C=S) groups is 1. The van der Waals surface area contributed by atoms with Crippen molar-refractivity contribution in [3.05, 3.63) is 24.3 Å². The zero-order valence-electron chi connectivity index (χ0n) is 11.8. The van der Waals surface area contributed by atoms with Gasteiger partial charge in [-0.25, -0.2) is 19.7 Å². The van der Waals surface area contributed by atoms with Gasteiger partial charge in [-0.3, -0.25) is 5.32 Å². The second-order valence-electron chi connectivity index (χ2n) is 3.69. The number of rotatable bonds is 2. The van der Waals surface area contributed by atoms with Gasteiger partial charge in [0.25, 0.3) is 0 Å². The number of urea groups is 1. The third-order valence-electron chi connectivity index (χ3n) is 2.23. The number of anilines is 2. The maximum absolute atomic E-state index is 11.6. The lowest BCUT2D eigenvalue weighted by molar-refractivity contribution is 0.172. The van der Waals surface area contributed by atoms with Gasteiger partial charge in [-0.1, -0.05) is 12.1 Å². The summed E-state index contributed by atoms with van der Waals surface area (Å²) >= 11 is 4.91. The number of methoxy groups -OCH3 is 2. The third-order valence-corrected chi connectivity index (χ3v) is 2.43. The summed E-state index contributed by atoms with van der Waals surface area (Å²) in [5.74, 6) is 0. The van der Waals surface area contributed by atoms with Crippen molar-refractivity contribution in [3.63, 3.8) is 0 Å². The molecule has 1 aromatic rings. The fourth-order valence-corrected chi connectivity index (χ4v) is 1.49. The molecule has 1 rings (SSSR count). The standard InChI is InChI=1S/C12H14N4O5S/c1-20-11(18)15-9(17)13-7-5-3-4-6-8(7)14-10(22)16-12(19)21-2/h3-6H,1-2H3,(H2,13,15,17,18)(H2,14,16,19,22). The van der Waals surface area contributed by atoms with E-state index in [4.69, 9.17) is 12.2 Å². The van der Waals surface area contributed by atoms with E-state index < -0.39 is 18.2 Å². The van der Waals surface area contributed by atoms with Gasteiger partial charge in [0.15, 0.2) is 5.11 Å². The highest BCUT2D eigenvalue weighted by Gasteiger charge is 2.11. The average molecular weight is 326 g/mol. The van der Waals surface area contributed by atoms with Crippen molar-refractivity contribution < 1.29 is 23.9 Å². The Morgan fingerprint density at radius 2 is 1.41 bits per heavy atom. The van der Waals surface area contributed by atoms with Crippen LogP contribution >= 0.6 is 12.2 Å². The first-order valence-corrected chi connectivity index (χ1v) is 6.28. The van der Waals surface area contributed by atoms with E-state index in [9.17, 15) is 14.4 Å². The van der Waals surface area contributed by atoms with Crippen LogP contribution in [0.1, 0.15) is 0 Å². The Labute approximate surface area is 131 Å². The van der Waals surface area contributed by atoms with Crippen LogP contribution in [-0.4, -0.2) is 37.5 Å². The molecule has 0 aromatic heterocycles. The maximum atomic E-state index is 11.6. The Kier molecular flexibility index (Phi) is 6.57. The van der Waals surface area contributed by atoms with E-state index >= 15 is 0 Å². The van der Waals surface area contributed by atoms with Crippen LogP contribution in [0, 0.1) is 0 Å². The van der Waals surface area contributed by atoms with Gasteiger partial charge < -0.3 is 20.1 Å². The molecule has 0 spiro atoms. The third kappa shape index (κ3) is 5.63. The molecule has 22 heavy (non-hydrogen) atoms. The van der Waals surface area contributed by atoms with Crippen LogP contribution in [0.2, 0.25) is 0 Å². The molecule has 0 bridgehead atoms. The zero-order valence-corrected chi connectivity index (χ0v) is 12.6. The number of carbonyl (C=O) groups is 3. The normalized spacial score (nSPS) is 9.18. The molecular weight excluding hydrogens is 312 g/mol. The van der Waals surface area contributed by atoms with E-state index in [2.05, 4.69) is 25.4 Å². The van der Waals surface area contributed by atoms with Crippen LogP contribution in [0.3, 0.4) is 0 Å². The second-order valence-corrected chi connectivity index (χ2v) is 4.10. The molecule has 0 radical (unpaired) electrons. The fraction of sp³-hybridized carbons (Fsp3) is 0.167. The highest BCUT2D eigenvalue weighted by Crippen LogP contribution is 2.20. The Bertz CT molecular complexity index is 542. The van der Waals surface area contributed by atoms with Crippen molar-refractivity contribution >= 4 is 46.9 Å². The summed E-state index contributed by atoms with van der Waals surface area (Å²) in [4.78, 5) is 33.5. The summed E-state index contributed by atoms with van der Waals surface area (Å²) in [6, 6.07) is 5.74. The molecule has 0 unspecified atom stereocenters. The first-order valence-electron chi connectivity index (χ1n) is 5.87. The second kappa shape index (κ2) is 8.42. The summed E-state index contributed by atoms with van der Waals surface area (Å²) in [6.45, 7) is 0. The van der Waals surface area contributed by atoms with Gasteiger partial charge in [-0.05, 0) is 24.4 Å². The number of imide groups is 1. The van der Waals surface area contributed by atoms with E-state index in [1.165, 1.54) is 7.11 Å². The van der Waals surface area contributed by atoms with Gasteiger partial charge in [0.05, 0.1) is 25.6 Å². The fourth-order valence-electron chi connectivity index (χ4n) is 1.30. The van der Waals surface area contributed by atoms with Crippen LogP contribution in [0.5, 0.6) is 0 Å². The number of ether oxygens (including phenoxy) is 2. The van der Waals surface area contributed by atoms with Crippen LogP contribution in [-0.2, 0) is 9.47 Å². The highest BCUT2D eigenvalue weighted by molar-refractivity contribution is 7.80.